The summed E-state index contributed by atoms with van der Waals surface area (Å²) >= 11 is 0. The minimum absolute atomic E-state index is 0.0758. The van der Waals surface area contributed by atoms with Crippen LogP contribution in [-0.2, 0) is 4.79 Å². The SMILES string of the molecule is C/C=C/CC(=O)N1CCCN1C(=O)c1ccc2nonc2c1. The van der Waals surface area contributed by atoms with E-state index in [-0.39, 0.29) is 11.8 Å². The highest BCUT2D eigenvalue weighted by Crippen LogP contribution is 2.19. The first-order valence-electron chi connectivity index (χ1n) is 7.16. The van der Waals surface area contributed by atoms with Gasteiger partial charge in [0.1, 0.15) is 11.0 Å². The molecule has 7 heteroatoms. The van der Waals surface area contributed by atoms with E-state index in [1.54, 1.807) is 24.3 Å². The van der Waals surface area contributed by atoms with Crippen molar-refractivity contribution in [2.75, 3.05) is 13.1 Å². The average molecular weight is 300 g/mol. The lowest BCUT2D eigenvalue weighted by Gasteiger charge is -2.27. The van der Waals surface area contributed by atoms with Gasteiger partial charge in [0.2, 0.25) is 5.91 Å². The standard InChI is InChI=1S/C15H16N4O3/c1-2-3-5-14(20)18-8-4-9-19(18)15(21)11-6-7-12-13(10-11)17-22-16-12/h2-3,6-7,10H,4-5,8-9H2,1H3/b3-2+. The second-order valence-corrected chi connectivity index (χ2v) is 5.04. The smallest absolute Gasteiger partial charge is 0.272 e. The van der Waals surface area contributed by atoms with Crippen molar-refractivity contribution in [3.05, 3.63) is 35.9 Å². The van der Waals surface area contributed by atoms with Crippen molar-refractivity contribution in [1.82, 2.24) is 20.3 Å². The van der Waals surface area contributed by atoms with Gasteiger partial charge in [0.25, 0.3) is 5.91 Å². The van der Waals surface area contributed by atoms with Gasteiger partial charge in [0.15, 0.2) is 0 Å². The largest absolute Gasteiger partial charge is 0.273 e. The van der Waals surface area contributed by atoms with Gasteiger partial charge in [-0.1, -0.05) is 12.2 Å². The van der Waals surface area contributed by atoms with Crippen LogP contribution in [0.25, 0.3) is 11.0 Å². The fourth-order valence-corrected chi connectivity index (χ4v) is 2.47. The predicted molar refractivity (Wildman–Crippen MR) is 78.6 cm³/mol. The number of benzene rings is 1. The molecule has 1 aromatic carbocycles. The maximum absolute atomic E-state index is 12.6. The van der Waals surface area contributed by atoms with Crippen LogP contribution in [-0.4, -0.2) is 45.2 Å². The van der Waals surface area contributed by atoms with Gasteiger partial charge in [-0.15, -0.1) is 0 Å². The lowest BCUT2D eigenvalue weighted by atomic mass is 10.2. The number of nitrogens with zero attached hydrogens (tertiary/aromatic N) is 4. The fraction of sp³-hybridized carbons (Fsp3) is 0.333. The Morgan fingerprint density at radius 2 is 2.00 bits per heavy atom. The van der Waals surface area contributed by atoms with Crippen molar-refractivity contribution in [2.45, 2.75) is 19.8 Å². The molecule has 114 valence electrons. The molecule has 3 rings (SSSR count). The number of fused-ring (bicyclic) bond motifs is 1. The second kappa shape index (κ2) is 5.97. The molecule has 0 unspecified atom stereocenters. The first kappa shape index (κ1) is 14.2. The van der Waals surface area contributed by atoms with E-state index in [2.05, 4.69) is 14.9 Å². The summed E-state index contributed by atoms with van der Waals surface area (Å²) in [5.41, 5.74) is 1.59. The molecule has 1 aliphatic rings. The molecule has 0 N–H and O–H groups in total. The van der Waals surface area contributed by atoms with E-state index in [4.69, 9.17) is 0 Å². The third kappa shape index (κ3) is 2.57. The topological polar surface area (TPSA) is 79.5 Å². The van der Waals surface area contributed by atoms with Gasteiger partial charge < -0.3 is 0 Å². The van der Waals surface area contributed by atoms with Gasteiger partial charge in [-0.2, -0.15) is 0 Å². The minimum Gasteiger partial charge on any atom is -0.273 e. The Morgan fingerprint density at radius 1 is 1.23 bits per heavy atom. The molecule has 2 amide bonds. The summed E-state index contributed by atoms with van der Waals surface area (Å²) < 4.78 is 4.63. The number of hydrogen-bond acceptors (Lipinski definition) is 5. The van der Waals surface area contributed by atoms with E-state index in [0.29, 0.717) is 36.1 Å². The number of aromatic nitrogens is 2. The molecule has 22 heavy (non-hydrogen) atoms. The third-order valence-corrected chi connectivity index (χ3v) is 3.58. The molecule has 0 radical (unpaired) electrons. The van der Waals surface area contributed by atoms with Gasteiger partial charge in [-0.05, 0) is 41.9 Å². The van der Waals surface area contributed by atoms with Gasteiger partial charge >= 0.3 is 0 Å². The third-order valence-electron chi connectivity index (χ3n) is 3.58. The molecule has 0 bridgehead atoms. The van der Waals surface area contributed by atoms with Gasteiger partial charge in [-0.25, -0.2) is 9.64 Å². The Bertz CT molecular complexity index is 737. The predicted octanol–water partition coefficient (Wildman–Crippen LogP) is 1.78. The summed E-state index contributed by atoms with van der Waals surface area (Å²) in [7, 11) is 0. The zero-order chi connectivity index (χ0) is 15.5. The zero-order valence-electron chi connectivity index (χ0n) is 12.2. The van der Waals surface area contributed by atoms with Crippen molar-refractivity contribution < 1.29 is 14.2 Å². The van der Waals surface area contributed by atoms with Gasteiger partial charge in [0, 0.05) is 25.1 Å². The van der Waals surface area contributed by atoms with E-state index in [1.807, 2.05) is 13.0 Å². The summed E-state index contributed by atoms with van der Waals surface area (Å²) in [6.45, 7) is 2.97. The highest BCUT2D eigenvalue weighted by molar-refractivity contribution is 5.98. The highest BCUT2D eigenvalue weighted by Gasteiger charge is 2.30. The quantitative estimate of drug-likeness (QED) is 0.807. The van der Waals surface area contributed by atoms with E-state index >= 15 is 0 Å². The molecular formula is C15H16N4O3. The number of hydrogen-bond donors (Lipinski definition) is 0. The van der Waals surface area contributed by atoms with Crippen molar-refractivity contribution in [2.24, 2.45) is 0 Å². The molecule has 1 aromatic heterocycles. The van der Waals surface area contributed by atoms with Crippen LogP contribution in [0.2, 0.25) is 0 Å². The van der Waals surface area contributed by atoms with Gasteiger partial charge in [0.05, 0.1) is 0 Å². The molecule has 1 fully saturated rings. The van der Waals surface area contributed by atoms with Crippen molar-refractivity contribution >= 4 is 22.8 Å². The molecule has 7 nitrogen and oxygen atoms in total. The number of allylic oxidation sites excluding steroid dienone is 1. The van der Waals surface area contributed by atoms with E-state index in [9.17, 15) is 9.59 Å². The van der Waals surface area contributed by atoms with Crippen LogP contribution < -0.4 is 0 Å². The Kier molecular flexibility index (Phi) is 3.86. The summed E-state index contributed by atoms with van der Waals surface area (Å²) in [5.74, 6) is -0.288. The van der Waals surface area contributed by atoms with Gasteiger partial charge in [-0.3, -0.25) is 14.6 Å². The van der Waals surface area contributed by atoms with Crippen LogP contribution in [0.1, 0.15) is 30.1 Å². The van der Waals surface area contributed by atoms with E-state index < -0.39 is 0 Å². The summed E-state index contributed by atoms with van der Waals surface area (Å²) in [6.07, 6.45) is 4.69. The van der Waals surface area contributed by atoms with E-state index in [0.717, 1.165) is 6.42 Å². The second-order valence-electron chi connectivity index (χ2n) is 5.04. The number of amides is 2. The number of carbonyl (C=O) groups is 2. The van der Waals surface area contributed by atoms with Crippen LogP contribution in [0.15, 0.2) is 35.0 Å². The van der Waals surface area contributed by atoms with Crippen LogP contribution in [0.5, 0.6) is 0 Å². The molecule has 2 aromatic rings. The molecule has 2 heterocycles. The van der Waals surface area contributed by atoms with E-state index in [1.165, 1.54) is 10.0 Å². The van der Waals surface area contributed by atoms with Crippen LogP contribution >= 0.6 is 0 Å². The molecule has 0 saturated carbocycles. The maximum Gasteiger partial charge on any atom is 0.272 e. The monoisotopic (exact) mass is 300 g/mol. The molecule has 1 saturated heterocycles. The highest BCUT2D eigenvalue weighted by atomic mass is 16.6. The van der Waals surface area contributed by atoms with Crippen molar-refractivity contribution in [3.63, 3.8) is 0 Å². The maximum atomic E-state index is 12.6. The Morgan fingerprint density at radius 3 is 2.82 bits per heavy atom. The lowest BCUT2D eigenvalue weighted by molar-refractivity contribution is -0.139. The number of hydrazine groups is 1. The molecule has 1 aliphatic heterocycles. The first-order valence-corrected chi connectivity index (χ1v) is 7.16. The Labute approximate surface area is 127 Å². The number of carbonyl (C=O) groups excluding carboxylic acids is 2. The molecule has 0 aliphatic carbocycles. The molecule has 0 atom stereocenters. The lowest BCUT2D eigenvalue weighted by Crippen LogP contribution is -2.44. The van der Waals surface area contributed by atoms with Crippen LogP contribution in [0.3, 0.4) is 0 Å². The van der Waals surface area contributed by atoms with Crippen molar-refractivity contribution in [1.29, 1.82) is 0 Å². The summed E-state index contributed by atoms with van der Waals surface area (Å²) in [6, 6.07) is 4.98. The Hall–Kier alpha value is -2.70. The molecule has 0 spiro atoms. The fourth-order valence-electron chi connectivity index (χ4n) is 2.47. The molecular weight excluding hydrogens is 284 g/mol. The summed E-state index contributed by atoms with van der Waals surface area (Å²) in [4.78, 5) is 24.8. The summed E-state index contributed by atoms with van der Waals surface area (Å²) in [5, 5.41) is 10.5. The van der Waals surface area contributed by atoms with Crippen LogP contribution in [0, 0.1) is 0 Å². The minimum atomic E-state index is -0.212. The first-order chi connectivity index (χ1) is 10.7. The normalized spacial score (nSPS) is 15.1. The average Bonchev–Trinajstić information content (AvgIpc) is 3.19. The Balaban J connectivity index is 1.81. The van der Waals surface area contributed by atoms with Crippen LogP contribution in [0.4, 0.5) is 0 Å². The number of rotatable bonds is 3. The zero-order valence-corrected chi connectivity index (χ0v) is 12.2. The van der Waals surface area contributed by atoms with Crippen molar-refractivity contribution in [3.8, 4) is 0 Å².